The van der Waals surface area contributed by atoms with E-state index in [0.717, 1.165) is 11.0 Å². The largest absolute Gasteiger partial charge is 0.441 e. The van der Waals surface area contributed by atoms with E-state index in [2.05, 4.69) is 10.3 Å². The van der Waals surface area contributed by atoms with Crippen molar-refractivity contribution in [2.75, 3.05) is 25.7 Å². The van der Waals surface area contributed by atoms with E-state index in [0.29, 0.717) is 11.1 Å². The molecule has 15 heavy (non-hydrogen) atoms. The maximum absolute atomic E-state index is 12.0. The van der Waals surface area contributed by atoms with E-state index < -0.39 is 7.14 Å². The Morgan fingerprint density at radius 3 is 2.73 bits per heavy atom. The molecule has 0 aliphatic carbocycles. The molecule has 0 aliphatic rings. The highest BCUT2D eigenvalue weighted by Gasteiger charge is 2.18. The van der Waals surface area contributed by atoms with Crippen molar-refractivity contribution in [1.82, 2.24) is 4.98 Å². The summed E-state index contributed by atoms with van der Waals surface area (Å²) < 4.78 is 17.3. The molecule has 0 saturated heterocycles. The van der Waals surface area contributed by atoms with E-state index in [9.17, 15) is 4.57 Å². The van der Waals surface area contributed by atoms with Gasteiger partial charge >= 0.3 is 0 Å². The minimum atomic E-state index is -2.31. The summed E-state index contributed by atoms with van der Waals surface area (Å²) in [5.74, 6) is 0. The van der Waals surface area contributed by atoms with Gasteiger partial charge in [0.25, 0.3) is 0 Å². The average molecular weight is 224 g/mol. The first kappa shape index (κ1) is 10.2. The van der Waals surface area contributed by atoms with Crippen molar-refractivity contribution in [3.8, 4) is 0 Å². The van der Waals surface area contributed by atoms with Crippen LogP contribution in [-0.4, -0.2) is 25.4 Å². The Bertz CT molecular complexity index is 541. The summed E-state index contributed by atoms with van der Waals surface area (Å²) in [6.45, 7) is 3.46. The van der Waals surface area contributed by atoms with Crippen molar-refractivity contribution in [3.63, 3.8) is 0 Å². The lowest BCUT2D eigenvalue weighted by Crippen LogP contribution is -2.05. The van der Waals surface area contributed by atoms with Gasteiger partial charge in [0.15, 0.2) is 12.0 Å². The topological polar surface area (TPSA) is 55.1 Å². The van der Waals surface area contributed by atoms with Crippen LogP contribution >= 0.6 is 7.14 Å². The number of nitrogens with one attached hydrogen (secondary N) is 1. The van der Waals surface area contributed by atoms with Crippen molar-refractivity contribution >= 4 is 29.2 Å². The molecule has 0 unspecified atom stereocenters. The van der Waals surface area contributed by atoms with Crippen molar-refractivity contribution in [3.05, 3.63) is 18.5 Å². The molecule has 1 aromatic carbocycles. The molecule has 80 valence electrons. The van der Waals surface area contributed by atoms with Gasteiger partial charge in [-0.15, -0.1) is 0 Å². The standard InChI is InChI=1S/C10H13N2O2P/c1-11-7-4-5-8(15(2,3)13)9-10(7)14-6-12-9/h4-6,11H,1-3H3. The number of aromatic nitrogens is 1. The quantitative estimate of drug-likeness (QED) is 0.794. The van der Waals surface area contributed by atoms with Gasteiger partial charge in [0.2, 0.25) is 0 Å². The van der Waals surface area contributed by atoms with E-state index >= 15 is 0 Å². The molecule has 1 N–H and O–H groups in total. The van der Waals surface area contributed by atoms with Crippen LogP contribution in [0.15, 0.2) is 22.9 Å². The normalized spacial score (nSPS) is 11.9. The Balaban J connectivity index is 2.80. The highest BCUT2D eigenvalue weighted by Crippen LogP contribution is 2.38. The van der Waals surface area contributed by atoms with Crippen LogP contribution in [0.25, 0.3) is 11.1 Å². The van der Waals surface area contributed by atoms with Crippen LogP contribution in [0.3, 0.4) is 0 Å². The van der Waals surface area contributed by atoms with Crippen LogP contribution < -0.4 is 10.6 Å². The van der Waals surface area contributed by atoms with Crippen LogP contribution in [0.4, 0.5) is 5.69 Å². The molecule has 0 bridgehead atoms. The van der Waals surface area contributed by atoms with E-state index in [1.807, 2.05) is 19.2 Å². The summed E-state index contributed by atoms with van der Waals surface area (Å²) in [5.41, 5.74) is 2.22. The van der Waals surface area contributed by atoms with Crippen molar-refractivity contribution in [1.29, 1.82) is 0 Å². The van der Waals surface area contributed by atoms with Gasteiger partial charge in [0.05, 0.1) is 5.69 Å². The SMILES string of the molecule is CNc1ccc(P(C)(C)=O)c2ncoc12. The van der Waals surface area contributed by atoms with Crippen LogP contribution in [0.1, 0.15) is 0 Å². The van der Waals surface area contributed by atoms with Gasteiger partial charge in [-0.1, -0.05) is 0 Å². The molecular weight excluding hydrogens is 211 g/mol. The Hall–Kier alpha value is -1.28. The lowest BCUT2D eigenvalue weighted by molar-refractivity contribution is 0.588. The van der Waals surface area contributed by atoms with Gasteiger partial charge in [-0.2, -0.15) is 0 Å². The molecule has 0 radical (unpaired) electrons. The highest BCUT2D eigenvalue weighted by molar-refractivity contribution is 7.70. The van der Waals surface area contributed by atoms with Gasteiger partial charge in [0.1, 0.15) is 12.7 Å². The second-order valence-corrected chi connectivity index (χ2v) is 6.95. The summed E-state index contributed by atoms with van der Waals surface area (Å²) in [7, 11) is -0.497. The highest BCUT2D eigenvalue weighted by atomic mass is 31.2. The summed E-state index contributed by atoms with van der Waals surface area (Å²) in [6, 6.07) is 3.71. The number of hydrogen-bond donors (Lipinski definition) is 1. The predicted molar refractivity (Wildman–Crippen MR) is 62.6 cm³/mol. The van der Waals surface area contributed by atoms with Crippen LogP contribution in [0, 0.1) is 0 Å². The number of benzene rings is 1. The zero-order valence-corrected chi connectivity index (χ0v) is 9.84. The Morgan fingerprint density at radius 2 is 2.13 bits per heavy atom. The maximum Gasteiger partial charge on any atom is 0.182 e. The van der Waals surface area contributed by atoms with Gasteiger partial charge in [-0.05, 0) is 25.5 Å². The Morgan fingerprint density at radius 1 is 1.40 bits per heavy atom. The first-order chi connectivity index (χ1) is 7.04. The lowest BCUT2D eigenvalue weighted by atomic mass is 10.3. The summed E-state index contributed by atoms with van der Waals surface area (Å²) in [4.78, 5) is 4.11. The fourth-order valence-electron chi connectivity index (χ4n) is 1.57. The van der Waals surface area contributed by atoms with Crippen molar-refractivity contribution < 1.29 is 8.98 Å². The third-order valence-corrected chi connectivity index (χ3v) is 3.83. The Labute approximate surface area is 88.1 Å². The number of fused-ring (bicyclic) bond motifs is 1. The zero-order chi connectivity index (χ0) is 11.1. The molecule has 5 heteroatoms. The number of anilines is 1. The molecule has 0 aliphatic heterocycles. The lowest BCUT2D eigenvalue weighted by Gasteiger charge is -2.08. The zero-order valence-electron chi connectivity index (χ0n) is 8.94. The number of rotatable bonds is 2. The molecule has 1 aromatic heterocycles. The van der Waals surface area contributed by atoms with Crippen molar-refractivity contribution in [2.24, 2.45) is 0 Å². The Kier molecular flexibility index (Phi) is 2.31. The summed E-state index contributed by atoms with van der Waals surface area (Å²) in [6.07, 6.45) is 1.38. The minimum absolute atomic E-state index is 0.666. The summed E-state index contributed by atoms with van der Waals surface area (Å²) in [5, 5.41) is 3.78. The molecular formula is C10H13N2O2P. The molecule has 0 spiro atoms. The van der Waals surface area contributed by atoms with Gasteiger partial charge in [-0.3, -0.25) is 0 Å². The van der Waals surface area contributed by atoms with Gasteiger partial charge < -0.3 is 14.3 Å². The van der Waals surface area contributed by atoms with Crippen LogP contribution in [-0.2, 0) is 4.57 Å². The number of oxazole rings is 1. The molecule has 2 rings (SSSR count). The van der Waals surface area contributed by atoms with Gasteiger partial charge in [-0.25, -0.2) is 4.98 Å². The molecule has 0 saturated carbocycles. The fourth-order valence-corrected chi connectivity index (χ4v) is 2.67. The molecule has 0 amide bonds. The smallest absolute Gasteiger partial charge is 0.182 e. The van der Waals surface area contributed by atoms with Crippen LogP contribution in [0.2, 0.25) is 0 Å². The number of hydrogen-bond acceptors (Lipinski definition) is 4. The fraction of sp³-hybridized carbons (Fsp3) is 0.300. The molecule has 4 nitrogen and oxygen atoms in total. The van der Waals surface area contributed by atoms with Crippen molar-refractivity contribution in [2.45, 2.75) is 0 Å². The molecule has 0 fully saturated rings. The third-order valence-electron chi connectivity index (χ3n) is 2.31. The third kappa shape index (κ3) is 1.65. The molecule has 1 heterocycles. The van der Waals surface area contributed by atoms with E-state index in [1.54, 1.807) is 13.3 Å². The van der Waals surface area contributed by atoms with E-state index in [-0.39, 0.29) is 0 Å². The predicted octanol–water partition coefficient (Wildman–Crippen LogP) is 2.12. The molecule has 0 atom stereocenters. The second-order valence-electron chi connectivity index (χ2n) is 3.76. The minimum Gasteiger partial charge on any atom is -0.441 e. The van der Waals surface area contributed by atoms with E-state index in [4.69, 9.17) is 4.42 Å². The van der Waals surface area contributed by atoms with Gasteiger partial charge in [0, 0.05) is 12.4 Å². The first-order valence-electron chi connectivity index (χ1n) is 4.63. The van der Waals surface area contributed by atoms with Crippen LogP contribution in [0.5, 0.6) is 0 Å². The van der Waals surface area contributed by atoms with E-state index in [1.165, 1.54) is 6.39 Å². The maximum atomic E-state index is 12.0. The first-order valence-corrected chi connectivity index (χ1v) is 7.23. The molecule has 2 aromatic rings. The average Bonchev–Trinajstić information content (AvgIpc) is 2.62. The monoisotopic (exact) mass is 224 g/mol. The summed E-state index contributed by atoms with van der Waals surface area (Å²) >= 11 is 0. The second kappa shape index (κ2) is 3.38. The number of nitrogens with zero attached hydrogens (tertiary/aromatic N) is 1.